The minimum Gasteiger partial charge on any atom is -0.494 e. The summed E-state index contributed by atoms with van der Waals surface area (Å²) in [5.74, 6) is 1.81. The van der Waals surface area contributed by atoms with Crippen molar-refractivity contribution in [2.45, 2.75) is 31.5 Å². The Bertz CT molecular complexity index is 1320. The number of benzene rings is 2. The molecule has 8 heteroatoms. The molecule has 0 atom stereocenters. The predicted octanol–water partition coefficient (Wildman–Crippen LogP) is 6.52. The Morgan fingerprint density at radius 1 is 1.06 bits per heavy atom. The number of ketones is 1. The van der Waals surface area contributed by atoms with Crippen LogP contribution in [0.2, 0.25) is 0 Å². The average Bonchev–Trinajstić information content (AvgIpc) is 3.33. The highest BCUT2D eigenvalue weighted by atomic mass is 32.2. The molecule has 184 valence electrons. The van der Waals surface area contributed by atoms with E-state index in [4.69, 9.17) is 4.74 Å². The minimum atomic E-state index is -0.359. The van der Waals surface area contributed by atoms with Gasteiger partial charge in [0.15, 0.2) is 16.8 Å². The van der Waals surface area contributed by atoms with E-state index in [-0.39, 0.29) is 17.6 Å². The first-order chi connectivity index (χ1) is 17.5. The minimum absolute atomic E-state index is 0.193. The van der Waals surface area contributed by atoms with Gasteiger partial charge in [-0.2, -0.15) is 0 Å². The van der Waals surface area contributed by atoms with E-state index in [1.807, 2.05) is 12.1 Å². The number of carbonyl (C=O) groups excluding carboxylic acids is 1. The lowest BCUT2D eigenvalue weighted by Gasteiger charge is -2.13. The number of pyridine rings is 1. The maximum atomic E-state index is 13.7. The molecule has 0 unspecified atom stereocenters. The van der Waals surface area contributed by atoms with Crippen molar-refractivity contribution in [1.82, 2.24) is 19.7 Å². The highest BCUT2D eigenvalue weighted by Gasteiger charge is 2.16. The molecule has 0 aliphatic rings. The number of hydrogen-bond acceptors (Lipinski definition) is 6. The largest absolute Gasteiger partial charge is 0.494 e. The van der Waals surface area contributed by atoms with Crippen molar-refractivity contribution < 1.29 is 13.9 Å². The third kappa shape index (κ3) is 6.46. The molecule has 0 spiro atoms. The van der Waals surface area contributed by atoms with Crippen LogP contribution in [0.4, 0.5) is 4.39 Å². The molecule has 2 aromatic carbocycles. The SMILES string of the molecule is CC(C)n1c(SCCCOc2ccc(C(=O)/C=C/c3ccccc3F)cc2)nnc1-c1ccncc1. The lowest BCUT2D eigenvalue weighted by molar-refractivity contribution is 0.104. The number of carbonyl (C=O) groups is 1. The topological polar surface area (TPSA) is 69.9 Å². The van der Waals surface area contributed by atoms with Crippen LogP contribution in [-0.4, -0.2) is 37.9 Å². The maximum Gasteiger partial charge on any atom is 0.191 e. The van der Waals surface area contributed by atoms with Gasteiger partial charge in [-0.1, -0.05) is 30.0 Å². The van der Waals surface area contributed by atoms with Crippen molar-refractivity contribution in [3.8, 4) is 17.1 Å². The summed E-state index contributed by atoms with van der Waals surface area (Å²) >= 11 is 1.65. The molecule has 2 heterocycles. The molecule has 0 bridgehead atoms. The third-order valence-corrected chi connectivity index (χ3v) is 6.40. The molecule has 0 saturated heterocycles. The van der Waals surface area contributed by atoms with Gasteiger partial charge in [-0.25, -0.2) is 4.39 Å². The molecule has 36 heavy (non-hydrogen) atoms. The first-order valence-corrected chi connectivity index (χ1v) is 12.7. The van der Waals surface area contributed by atoms with Crippen LogP contribution >= 0.6 is 11.8 Å². The molecule has 0 fully saturated rings. The Labute approximate surface area is 214 Å². The van der Waals surface area contributed by atoms with Crippen LogP contribution in [0, 0.1) is 5.82 Å². The Morgan fingerprint density at radius 3 is 2.53 bits per heavy atom. The van der Waals surface area contributed by atoms with Gasteiger partial charge in [-0.05, 0) is 74.9 Å². The van der Waals surface area contributed by atoms with Crippen LogP contribution in [0.15, 0.2) is 84.3 Å². The maximum absolute atomic E-state index is 13.7. The zero-order chi connectivity index (χ0) is 25.3. The van der Waals surface area contributed by atoms with Gasteiger partial charge in [-0.3, -0.25) is 14.3 Å². The lowest BCUT2D eigenvalue weighted by Crippen LogP contribution is -2.06. The van der Waals surface area contributed by atoms with Crippen LogP contribution in [0.5, 0.6) is 5.75 Å². The molecule has 0 radical (unpaired) electrons. The van der Waals surface area contributed by atoms with E-state index in [1.165, 1.54) is 18.2 Å². The molecular formula is C28H27FN4O2S. The second-order valence-electron chi connectivity index (χ2n) is 8.30. The lowest BCUT2D eigenvalue weighted by atomic mass is 10.1. The van der Waals surface area contributed by atoms with Crippen molar-refractivity contribution in [3.63, 3.8) is 0 Å². The summed E-state index contributed by atoms with van der Waals surface area (Å²) in [6.45, 7) is 4.78. The fraction of sp³-hybridized carbons (Fsp3) is 0.214. The van der Waals surface area contributed by atoms with Crippen molar-refractivity contribution in [2.24, 2.45) is 0 Å². The number of rotatable bonds is 11. The molecule has 4 aromatic rings. The summed E-state index contributed by atoms with van der Waals surface area (Å²) in [6.07, 6.45) is 7.20. The molecule has 2 aromatic heterocycles. The van der Waals surface area contributed by atoms with Gasteiger partial charge in [0.1, 0.15) is 11.6 Å². The molecule has 4 rings (SSSR count). The Morgan fingerprint density at radius 2 is 1.81 bits per heavy atom. The number of halogens is 1. The first-order valence-electron chi connectivity index (χ1n) is 11.7. The van der Waals surface area contributed by atoms with Crippen LogP contribution in [-0.2, 0) is 0 Å². The Kier molecular flexibility index (Phi) is 8.62. The van der Waals surface area contributed by atoms with Gasteiger partial charge < -0.3 is 4.74 Å². The highest BCUT2D eigenvalue weighted by Crippen LogP contribution is 2.27. The van der Waals surface area contributed by atoms with E-state index >= 15 is 0 Å². The standard InChI is InChI=1S/C28H27FN4O2S/c1-20(2)33-27(23-14-16-30-17-15-23)31-32-28(33)36-19-5-18-35-24-11-8-22(9-12-24)26(34)13-10-21-6-3-4-7-25(21)29/h3-4,6-17,20H,5,18-19H2,1-2H3/b13-10+. The third-order valence-electron chi connectivity index (χ3n) is 5.37. The van der Waals surface area contributed by atoms with Crippen LogP contribution in [0.3, 0.4) is 0 Å². The molecular weight excluding hydrogens is 475 g/mol. The number of allylic oxidation sites excluding steroid dienone is 1. The van der Waals surface area contributed by atoms with Gasteiger partial charge in [0.2, 0.25) is 0 Å². The molecule has 0 aliphatic heterocycles. The summed E-state index contributed by atoms with van der Waals surface area (Å²) in [7, 11) is 0. The quantitative estimate of drug-likeness (QED) is 0.101. The van der Waals surface area contributed by atoms with Gasteiger partial charge in [0.05, 0.1) is 6.61 Å². The monoisotopic (exact) mass is 502 g/mol. The molecule has 0 N–H and O–H groups in total. The van der Waals surface area contributed by atoms with Crippen LogP contribution in [0.1, 0.15) is 42.2 Å². The van der Waals surface area contributed by atoms with Crippen LogP contribution < -0.4 is 4.74 Å². The van der Waals surface area contributed by atoms with E-state index in [1.54, 1.807) is 66.6 Å². The second kappa shape index (κ2) is 12.3. The van der Waals surface area contributed by atoms with Crippen LogP contribution in [0.25, 0.3) is 17.5 Å². The summed E-state index contributed by atoms with van der Waals surface area (Å²) in [5.41, 5.74) is 1.89. The van der Waals surface area contributed by atoms with Crippen molar-refractivity contribution >= 4 is 23.6 Å². The first kappa shape index (κ1) is 25.3. The molecule has 0 aliphatic carbocycles. The number of nitrogens with zero attached hydrogens (tertiary/aromatic N) is 4. The molecule has 0 saturated carbocycles. The van der Waals surface area contributed by atoms with E-state index in [2.05, 4.69) is 33.6 Å². The van der Waals surface area contributed by atoms with Gasteiger partial charge in [-0.15, -0.1) is 10.2 Å². The smallest absolute Gasteiger partial charge is 0.191 e. The fourth-order valence-electron chi connectivity index (χ4n) is 3.54. The molecule has 6 nitrogen and oxygen atoms in total. The van der Waals surface area contributed by atoms with E-state index in [0.29, 0.717) is 23.5 Å². The highest BCUT2D eigenvalue weighted by molar-refractivity contribution is 7.99. The van der Waals surface area contributed by atoms with Gasteiger partial charge in [0.25, 0.3) is 0 Å². The van der Waals surface area contributed by atoms with Crippen molar-refractivity contribution in [3.05, 3.63) is 96.1 Å². The normalized spacial score (nSPS) is 11.3. The average molecular weight is 503 g/mol. The summed E-state index contributed by atoms with van der Waals surface area (Å²) in [5, 5.41) is 9.66. The van der Waals surface area contributed by atoms with E-state index in [9.17, 15) is 9.18 Å². The summed E-state index contributed by atoms with van der Waals surface area (Å²) in [4.78, 5) is 16.4. The van der Waals surface area contributed by atoms with Crippen molar-refractivity contribution in [2.75, 3.05) is 12.4 Å². The van der Waals surface area contributed by atoms with Crippen molar-refractivity contribution in [1.29, 1.82) is 0 Å². The predicted molar refractivity (Wildman–Crippen MR) is 141 cm³/mol. The zero-order valence-corrected chi connectivity index (χ0v) is 21.0. The van der Waals surface area contributed by atoms with Gasteiger partial charge in [0, 0.05) is 40.9 Å². The number of ether oxygens (including phenoxy) is 1. The second-order valence-corrected chi connectivity index (χ2v) is 9.36. The summed E-state index contributed by atoms with van der Waals surface area (Å²) < 4.78 is 21.7. The number of thioether (sulfide) groups is 1. The number of aromatic nitrogens is 4. The van der Waals surface area contributed by atoms with E-state index in [0.717, 1.165) is 28.7 Å². The number of hydrogen-bond donors (Lipinski definition) is 0. The zero-order valence-electron chi connectivity index (χ0n) is 20.2. The Balaban J connectivity index is 1.26. The Hall–Kier alpha value is -3.78. The van der Waals surface area contributed by atoms with Gasteiger partial charge >= 0.3 is 0 Å². The van der Waals surface area contributed by atoms with E-state index < -0.39 is 0 Å². The molecule has 0 amide bonds. The fourth-order valence-corrected chi connectivity index (χ4v) is 4.52. The summed E-state index contributed by atoms with van der Waals surface area (Å²) in [6, 6.07) is 17.4.